The highest BCUT2D eigenvalue weighted by molar-refractivity contribution is 7.89. The van der Waals surface area contributed by atoms with Gasteiger partial charge in [-0.05, 0) is 50.3 Å². The smallest absolute Gasteiger partial charge is 0.243 e. The van der Waals surface area contributed by atoms with Crippen molar-refractivity contribution in [1.82, 2.24) is 4.31 Å². The van der Waals surface area contributed by atoms with E-state index < -0.39 is 10.0 Å². The molecule has 20 heavy (non-hydrogen) atoms. The van der Waals surface area contributed by atoms with Crippen LogP contribution in [-0.4, -0.2) is 25.3 Å². The summed E-state index contributed by atoms with van der Waals surface area (Å²) in [5, 5.41) is 0.406. The van der Waals surface area contributed by atoms with E-state index in [4.69, 9.17) is 17.3 Å². The summed E-state index contributed by atoms with van der Waals surface area (Å²) in [6.45, 7) is 4.69. The zero-order chi connectivity index (χ0) is 14.9. The van der Waals surface area contributed by atoms with Gasteiger partial charge < -0.3 is 5.73 Å². The fraction of sp³-hybridized carbons (Fsp3) is 0.571. The molecular formula is C14H21ClN2O2S. The van der Waals surface area contributed by atoms with Crippen LogP contribution in [0.2, 0.25) is 5.02 Å². The first-order chi connectivity index (χ1) is 9.36. The minimum absolute atomic E-state index is 0.0615. The van der Waals surface area contributed by atoms with Gasteiger partial charge in [-0.2, -0.15) is 4.31 Å². The Kier molecular flexibility index (Phi) is 4.74. The molecule has 2 rings (SSSR count). The molecule has 1 fully saturated rings. The van der Waals surface area contributed by atoms with E-state index in [2.05, 4.69) is 0 Å². The third kappa shape index (κ3) is 3.34. The molecule has 0 unspecified atom stereocenters. The predicted octanol–water partition coefficient (Wildman–Crippen LogP) is 2.61. The number of nitrogens with two attached hydrogens (primary N) is 1. The van der Waals surface area contributed by atoms with Gasteiger partial charge in [-0.1, -0.05) is 17.7 Å². The SMILES string of the molecule is CC(C)N(CC1CC1)S(=O)(=O)c1ccc(CN)c(Cl)c1. The van der Waals surface area contributed by atoms with Crippen molar-refractivity contribution in [2.75, 3.05) is 6.54 Å². The molecule has 1 aliphatic rings. The van der Waals surface area contributed by atoms with Crippen LogP contribution < -0.4 is 5.73 Å². The molecule has 2 N–H and O–H groups in total. The van der Waals surface area contributed by atoms with Gasteiger partial charge in [-0.25, -0.2) is 8.42 Å². The Labute approximate surface area is 126 Å². The molecule has 0 spiro atoms. The maximum Gasteiger partial charge on any atom is 0.243 e. The van der Waals surface area contributed by atoms with E-state index in [1.54, 1.807) is 16.4 Å². The lowest BCUT2D eigenvalue weighted by Crippen LogP contribution is -2.38. The van der Waals surface area contributed by atoms with Gasteiger partial charge in [0, 0.05) is 24.2 Å². The standard InChI is InChI=1S/C14H21ClN2O2S/c1-10(2)17(9-11-3-4-11)20(18,19)13-6-5-12(8-16)14(15)7-13/h5-7,10-11H,3-4,8-9,16H2,1-2H3. The first kappa shape index (κ1) is 15.8. The van der Waals surface area contributed by atoms with Gasteiger partial charge in [0.2, 0.25) is 10.0 Å². The fourth-order valence-corrected chi connectivity index (χ4v) is 4.19. The molecule has 0 heterocycles. The van der Waals surface area contributed by atoms with Crippen molar-refractivity contribution in [3.05, 3.63) is 28.8 Å². The maximum atomic E-state index is 12.7. The van der Waals surface area contributed by atoms with Crippen molar-refractivity contribution in [1.29, 1.82) is 0 Å². The highest BCUT2D eigenvalue weighted by atomic mass is 35.5. The summed E-state index contributed by atoms with van der Waals surface area (Å²) in [6.07, 6.45) is 2.23. The number of hydrogen-bond donors (Lipinski definition) is 1. The zero-order valence-corrected chi connectivity index (χ0v) is 13.4. The zero-order valence-electron chi connectivity index (χ0n) is 11.8. The van der Waals surface area contributed by atoms with E-state index in [1.165, 1.54) is 6.07 Å². The van der Waals surface area contributed by atoms with Crippen LogP contribution in [0.4, 0.5) is 0 Å². The lowest BCUT2D eigenvalue weighted by molar-refractivity contribution is 0.341. The van der Waals surface area contributed by atoms with Crippen molar-refractivity contribution in [2.45, 2.75) is 44.2 Å². The second-order valence-corrected chi connectivity index (χ2v) is 7.87. The molecule has 0 bridgehead atoms. The van der Waals surface area contributed by atoms with Crippen molar-refractivity contribution < 1.29 is 8.42 Å². The fourth-order valence-electron chi connectivity index (χ4n) is 2.13. The van der Waals surface area contributed by atoms with Gasteiger partial charge >= 0.3 is 0 Å². The Balaban J connectivity index is 2.33. The molecule has 0 aliphatic heterocycles. The number of sulfonamides is 1. The topological polar surface area (TPSA) is 63.4 Å². The molecule has 0 aromatic heterocycles. The molecule has 1 aromatic carbocycles. The lowest BCUT2D eigenvalue weighted by atomic mass is 10.2. The van der Waals surface area contributed by atoms with Crippen LogP contribution in [0.15, 0.2) is 23.1 Å². The summed E-state index contributed by atoms with van der Waals surface area (Å²) < 4.78 is 27.0. The molecule has 1 saturated carbocycles. The van der Waals surface area contributed by atoms with E-state index >= 15 is 0 Å². The van der Waals surface area contributed by atoms with Crippen molar-refractivity contribution in [2.24, 2.45) is 11.7 Å². The number of hydrogen-bond acceptors (Lipinski definition) is 3. The van der Waals surface area contributed by atoms with Gasteiger partial charge in [-0.15, -0.1) is 0 Å². The highest BCUT2D eigenvalue weighted by Gasteiger charge is 2.33. The summed E-state index contributed by atoms with van der Waals surface area (Å²) in [6, 6.07) is 4.71. The average Bonchev–Trinajstić information content (AvgIpc) is 3.19. The second kappa shape index (κ2) is 6.02. The molecule has 0 amide bonds. The first-order valence-electron chi connectivity index (χ1n) is 6.86. The Hall–Kier alpha value is -0.620. The minimum atomic E-state index is -3.49. The molecule has 1 aliphatic carbocycles. The van der Waals surface area contributed by atoms with Gasteiger partial charge in [0.25, 0.3) is 0 Å². The van der Waals surface area contributed by atoms with Gasteiger partial charge in [0.1, 0.15) is 0 Å². The van der Waals surface area contributed by atoms with Gasteiger partial charge in [-0.3, -0.25) is 0 Å². The van der Waals surface area contributed by atoms with E-state index in [-0.39, 0.29) is 10.9 Å². The normalized spacial score (nSPS) is 16.1. The van der Waals surface area contributed by atoms with E-state index in [0.717, 1.165) is 18.4 Å². The molecule has 0 radical (unpaired) electrons. The van der Waals surface area contributed by atoms with E-state index in [0.29, 0.717) is 24.0 Å². The number of nitrogens with zero attached hydrogens (tertiary/aromatic N) is 1. The number of rotatable bonds is 6. The summed E-state index contributed by atoms with van der Waals surface area (Å²) in [7, 11) is -3.49. The maximum absolute atomic E-state index is 12.7. The molecular weight excluding hydrogens is 296 g/mol. The van der Waals surface area contributed by atoms with Gasteiger partial charge in [0.15, 0.2) is 0 Å². The predicted molar refractivity (Wildman–Crippen MR) is 81.1 cm³/mol. The highest BCUT2D eigenvalue weighted by Crippen LogP contribution is 2.33. The summed E-state index contributed by atoms with van der Waals surface area (Å²) in [5.41, 5.74) is 6.30. The Morgan fingerprint density at radius 3 is 2.50 bits per heavy atom. The van der Waals surface area contributed by atoms with Crippen LogP contribution in [0.25, 0.3) is 0 Å². The third-order valence-corrected chi connectivity index (χ3v) is 5.95. The van der Waals surface area contributed by atoms with Gasteiger partial charge in [0.05, 0.1) is 4.90 Å². The van der Waals surface area contributed by atoms with Crippen molar-refractivity contribution in [3.8, 4) is 0 Å². The molecule has 1 aromatic rings. The number of benzene rings is 1. The first-order valence-corrected chi connectivity index (χ1v) is 8.68. The van der Waals surface area contributed by atoms with Crippen molar-refractivity contribution in [3.63, 3.8) is 0 Å². The monoisotopic (exact) mass is 316 g/mol. The van der Waals surface area contributed by atoms with Crippen molar-refractivity contribution >= 4 is 21.6 Å². The number of halogens is 1. The Morgan fingerprint density at radius 1 is 1.40 bits per heavy atom. The van der Waals surface area contributed by atoms with Crippen LogP contribution in [0.1, 0.15) is 32.3 Å². The molecule has 0 atom stereocenters. The second-order valence-electron chi connectivity index (χ2n) is 5.57. The van der Waals surface area contributed by atoms with Crippen LogP contribution >= 0.6 is 11.6 Å². The summed E-state index contributed by atoms with van der Waals surface area (Å²) in [5.74, 6) is 0.506. The molecule has 4 nitrogen and oxygen atoms in total. The van der Waals surface area contributed by atoms with E-state index in [9.17, 15) is 8.42 Å². The molecule has 6 heteroatoms. The third-order valence-electron chi connectivity index (χ3n) is 3.56. The average molecular weight is 317 g/mol. The van der Waals surface area contributed by atoms with Crippen LogP contribution in [0.5, 0.6) is 0 Å². The largest absolute Gasteiger partial charge is 0.326 e. The summed E-state index contributed by atoms with van der Waals surface area (Å²) >= 11 is 6.07. The lowest BCUT2D eigenvalue weighted by Gasteiger charge is -2.26. The molecule has 0 saturated heterocycles. The van der Waals surface area contributed by atoms with E-state index in [1.807, 2.05) is 13.8 Å². The van der Waals surface area contributed by atoms with Crippen LogP contribution in [-0.2, 0) is 16.6 Å². The summed E-state index contributed by atoms with van der Waals surface area (Å²) in [4.78, 5) is 0.244. The minimum Gasteiger partial charge on any atom is -0.326 e. The molecule has 112 valence electrons. The quantitative estimate of drug-likeness (QED) is 0.877. The van der Waals surface area contributed by atoms with Crippen LogP contribution in [0.3, 0.4) is 0 Å². The Bertz CT molecular complexity index is 583. The Morgan fingerprint density at radius 2 is 2.05 bits per heavy atom. The van der Waals surface area contributed by atoms with Crippen LogP contribution in [0, 0.1) is 5.92 Å².